The molecule has 0 unspecified atom stereocenters. The molecule has 1 aromatic carbocycles. The summed E-state index contributed by atoms with van der Waals surface area (Å²) in [4.78, 5) is 24.5. The Labute approximate surface area is 154 Å². The molecule has 1 aromatic rings. The first-order valence-corrected chi connectivity index (χ1v) is 9.82. The first-order valence-electron chi connectivity index (χ1n) is 9.82. The van der Waals surface area contributed by atoms with Crippen molar-refractivity contribution < 1.29 is 18.7 Å². The van der Waals surface area contributed by atoms with Crippen LogP contribution in [-0.2, 0) is 20.7 Å². The highest BCUT2D eigenvalue weighted by molar-refractivity contribution is 5.87. The molecular formula is C22H27FO3. The van der Waals surface area contributed by atoms with E-state index < -0.39 is 0 Å². The quantitative estimate of drug-likeness (QED) is 0.751. The van der Waals surface area contributed by atoms with E-state index in [0.717, 1.165) is 37.7 Å². The van der Waals surface area contributed by atoms with E-state index in [9.17, 15) is 14.0 Å². The van der Waals surface area contributed by atoms with Crippen LogP contribution in [0.15, 0.2) is 18.2 Å². The number of aryl methyl sites for hydroxylation is 1. The van der Waals surface area contributed by atoms with Gasteiger partial charge in [-0.05, 0) is 79.0 Å². The molecule has 4 rings (SSSR count). The highest BCUT2D eigenvalue weighted by atomic mass is 19.1. The largest absolute Gasteiger partial charge is 0.469 e. The topological polar surface area (TPSA) is 43.4 Å². The lowest BCUT2D eigenvalue weighted by atomic mass is 9.54. The van der Waals surface area contributed by atoms with Gasteiger partial charge in [0.2, 0.25) is 0 Å². The lowest BCUT2D eigenvalue weighted by Gasteiger charge is -2.50. The fourth-order valence-electron chi connectivity index (χ4n) is 6.28. The number of rotatable bonds is 3. The summed E-state index contributed by atoms with van der Waals surface area (Å²) in [7, 11) is 1.42. The molecule has 4 heteroatoms. The molecule has 0 bridgehead atoms. The predicted molar refractivity (Wildman–Crippen MR) is 96.1 cm³/mol. The third-order valence-corrected chi connectivity index (χ3v) is 7.48. The zero-order chi connectivity index (χ0) is 18.5. The van der Waals surface area contributed by atoms with Gasteiger partial charge in [0.05, 0.1) is 7.11 Å². The number of benzene rings is 1. The van der Waals surface area contributed by atoms with Gasteiger partial charge in [-0.3, -0.25) is 9.59 Å². The lowest BCUT2D eigenvalue weighted by Crippen LogP contribution is -2.44. The van der Waals surface area contributed by atoms with Crippen molar-refractivity contribution in [1.82, 2.24) is 0 Å². The van der Waals surface area contributed by atoms with Gasteiger partial charge in [0.15, 0.2) is 0 Å². The number of fused-ring (bicyclic) bond motifs is 5. The van der Waals surface area contributed by atoms with Crippen LogP contribution in [0.5, 0.6) is 0 Å². The fourth-order valence-corrected chi connectivity index (χ4v) is 6.28. The van der Waals surface area contributed by atoms with Gasteiger partial charge < -0.3 is 4.74 Å². The van der Waals surface area contributed by atoms with Crippen molar-refractivity contribution in [3.8, 4) is 0 Å². The van der Waals surface area contributed by atoms with E-state index in [1.54, 1.807) is 12.1 Å². The molecule has 2 saturated carbocycles. The number of hydrogen-bond acceptors (Lipinski definition) is 3. The van der Waals surface area contributed by atoms with E-state index in [0.29, 0.717) is 36.4 Å². The van der Waals surface area contributed by atoms with E-state index in [1.165, 1.54) is 12.7 Å². The number of ether oxygens (including phenoxy) is 1. The number of Topliss-reactive ketones (excluding diaryl/α,β-unsaturated/α-hetero) is 1. The van der Waals surface area contributed by atoms with Crippen molar-refractivity contribution in [3.63, 3.8) is 0 Å². The highest BCUT2D eigenvalue weighted by Gasteiger charge is 2.58. The molecule has 0 spiro atoms. The molecule has 3 aliphatic rings. The molecule has 3 aliphatic carbocycles. The van der Waals surface area contributed by atoms with Gasteiger partial charge in [-0.2, -0.15) is 0 Å². The minimum absolute atomic E-state index is 0.158. The molecule has 2 fully saturated rings. The van der Waals surface area contributed by atoms with Crippen molar-refractivity contribution in [1.29, 1.82) is 0 Å². The third-order valence-electron chi connectivity index (χ3n) is 7.48. The molecule has 0 N–H and O–H groups in total. The minimum atomic E-state index is -0.251. The molecule has 26 heavy (non-hydrogen) atoms. The lowest BCUT2D eigenvalue weighted by molar-refractivity contribution is -0.141. The van der Waals surface area contributed by atoms with Gasteiger partial charge in [-0.1, -0.05) is 13.0 Å². The third kappa shape index (κ3) is 2.69. The normalized spacial score (nSPS) is 35.4. The van der Waals surface area contributed by atoms with Crippen LogP contribution in [-0.4, -0.2) is 18.9 Å². The second kappa shape index (κ2) is 6.47. The van der Waals surface area contributed by atoms with Crippen molar-refractivity contribution in [3.05, 3.63) is 35.1 Å². The van der Waals surface area contributed by atoms with Crippen molar-refractivity contribution in [2.24, 2.45) is 23.2 Å². The summed E-state index contributed by atoms with van der Waals surface area (Å²) >= 11 is 0. The number of ketones is 1. The number of carbonyl (C=O) groups excluding carboxylic acids is 2. The van der Waals surface area contributed by atoms with Gasteiger partial charge in [0.25, 0.3) is 0 Å². The number of carbonyl (C=O) groups is 2. The molecule has 0 amide bonds. The molecule has 140 valence electrons. The van der Waals surface area contributed by atoms with Gasteiger partial charge in [-0.15, -0.1) is 0 Å². The van der Waals surface area contributed by atoms with Crippen LogP contribution >= 0.6 is 0 Å². The summed E-state index contributed by atoms with van der Waals surface area (Å²) < 4.78 is 18.4. The standard InChI is InChI=1S/C22H27FO3/c1-22-10-9-17-16-7-5-15(23)11-13(16)3-6-18(17)21(22)14(12-19(22)24)4-8-20(25)26-2/h5,7,11,14,17-18,21H,3-4,6,8-10,12H2,1-2H3/t14-,17-,18-,21+,22-/m1/s1. The zero-order valence-corrected chi connectivity index (χ0v) is 15.6. The maximum absolute atomic E-state index is 13.6. The van der Waals surface area contributed by atoms with Crippen molar-refractivity contribution in [2.75, 3.05) is 7.11 Å². The van der Waals surface area contributed by atoms with E-state index >= 15 is 0 Å². The monoisotopic (exact) mass is 358 g/mol. The van der Waals surface area contributed by atoms with E-state index in [1.807, 2.05) is 6.07 Å². The van der Waals surface area contributed by atoms with Crippen LogP contribution in [0.3, 0.4) is 0 Å². The zero-order valence-electron chi connectivity index (χ0n) is 15.6. The van der Waals surface area contributed by atoms with Crippen molar-refractivity contribution in [2.45, 2.75) is 57.8 Å². The Balaban J connectivity index is 1.63. The molecule has 5 atom stereocenters. The number of halogens is 1. The fraction of sp³-hybridized carbons (Fsp3) is 0.636. The second-order valence-corrected chi connectivity index (χ2v) is 8.64. The van der Waals surface area contributed by atoms with Crippen LogP contribution in [0.1, 0.15) is 62.5 Å². The first kappa shape index (κ1) is 17.7. The average Bonchev–Trinajstić information content (AvgIpc) is 2.89. The molecule has 0 aliphatic heterocycles. The molecular weight excluding hydrogens is 331 g/mol. The Morgan fingerprint density at radius 1 is 1.35 bits per heavy atom. The average molecular weight is 358 g/mol. The highest BCUT2D eigenvalue weighted by Crippen LogP contribution is 2.62. The molecule has 3 nitrogen and oxygen atoms in total. The summed E-state index contributed by atoms with van der Waals surface area (Å²) in [6.07, 6.45) is 5.53. The maximum atomic E-state index is 13.6. The van der Waals surface area contributed by atoms with E-state index in [-0.39, 0.29) is 23.1 Å². The molecule has 0 heterocycles. The Morgan fingerprint density at radius 2 is 2.15 bits per heavy atom. The van der Waals surface area contributed by atoms with Crippen LogP contribution in [0, 0.1) is 29.0 Å². The van der Waals surface area contributed by atoms with E-state index in [4.69, 9.17) is 4.74 Å². The Morgan fingerprint density at radius 3 is 2.92 bits per heavy atom. The number of hydrogen-bond donors (Lipinski definition) is 0. The van der Waals surface area contributed by atoms with Crippen LogP contribution in [0.4, 0.5) is 4.39 Å². The summed E-state index contributed by atoms with van der Waals surface area (Å²) in [5.74, 6) is 1.50. The number of methoxy groups -OCH3 is 1. The molecule has 0 aromatic heterocycles. The Hall–Kier alpha value is -1.71. The first-order chi connectivity index (χ1) is 12.4. The molecule has 0 radical (unpaired) electrons. The van der Waals surface area contributed by atoms with Gasteiger partial charge in [0.1, 0.15) is 11.6 Å². The predicted octanol–water partition coefficient (Wildman–Crippen LogP) is 4.43. The van der Waals surface area contributed by atoms with Crippen LogP contribution < -0.4 is 0 Å². The summed E-state index contributed by atoms with van der Waals surface area (Å²) in [6.45, 7) is 2.15. The summed E-state index contributed by atoms with van der Waals surface area (Å²) in [6, 6.07) is 5.22. The minimum Gasteiger partial charge on any atom is -0.469 e. The smallest absolute Gasteiger partial charge is 0.305 e. The van der Waals surface area contributed by atoms with Crippen LogP contribution in [0.2, 0.25) is 0 Å². The van der Waals surface area contributed by atoms with Crippen LogP contribution in [0.25, 0.3) is 0 Å². The summed E-state index contributed by atoms with van der Waals surface area (Å²) in [5.41, 5.74) is 2.18. The SMILES string of the molecule is COC(=O)CC[C@@H]1CC(=O)[C@@]2(C)CC[C@@H]3c4ccc(F)cc4CC[C@H]3[C@H]12. The second-order valence-electron chi connectivity index (χ2n) is 8.64. The van der Waals surface area contributed by atoms with Gasteiger partial charge in [-0.25, -0.2) is 4.39 Å². The summed E-state index contributed by atoms with van der Waals surface area (Å²) in [5, 5.41) is 0. The number of esters is 1. The Bertz CT molecular complexity index is 743. The Kier molecular flexibility index (Phi) is 4.40. The van der Waals surface area contributed by atoms with Gasteiger partial charge >= 0.3 is 5.97 Å². The van der Waals surface area contributed by atoms with E-state index in [2.05, 4.69) is 6.92 Å². The van der Waals surface area contributed by atoms with Gasteiger partial charge in [0, 0.05) is 18.3 Å². The van der Waals surface area contributed by atoms with Crippen molar-refractivity contribution >= 4 is 11.8 Å². The molecule has 0 saturated heterocycles. The maximum Gasteiger partial charge on any atom is 0.305 e.